The fraction of sp³-hybridized carbons (Fsp3) is 0.765. The second-order valence-corrected chi connectivity index (χ2v) is 5.71. The Bertz CT molecular complexity index is 367. The molecule has 120 valence electrons. The number of allylic oxidation sites excluding steroid dienone is 2. The molecule has 21 heavy (non-hydrogen) atoms. The number of rotatable bonds is 9. The molecule has 0 aromatic rings. The van der Waals surface area contributed by atoms with Crippen LogP contribution in [0.5, 0.6) is 0 Å². The Labute approximate surface area is 128 Å². The van der Waals surface area contributed by atoms with Crippen LogP contribution in [0.4, 0.5) is 0 Å². The van der Waals surface area contributed by atoms with Crippen LogP contribution in [0.25, 0.3) is 0 Å². The molecule has 0 atom stereocenters. The molecule has 0 amide bonds. The van der Waals surface area contributed by atoms with Crippen LogP contribution < -0.4 is 5.48 Å². The van der Waals surface area contributed by atoms with Gasteiger partial charge in [0.25, 0.3) is 0 Å². The molecule has 0 unspecified atom stereocenters. The Morgan fingerprint density at radius 1 is 1.10 bits per heavy atom. The van der Waals surface area contributed by atoms with Crippen LogP contribution in [-0.4, -0.2) is 18.2 Å². The van der Waals surface area contributed by atoms with Gasteiger partial charge in [-0.15, -0.1) is 0 Å². The summed E-state index contributed by atoms with van der Waals surface area (Å²) in [4.78, 5) is 29.7. The third-order valence-electron chi connectivity index (χ3n) is 3.97. The van der Waals surface area contributed by atoms with E-state index >= 15 is 0 Å². The molecule has 1 saturated carbocycles. The summed E-state index contributed by atoms with van der Waals surface area (Å²) in [5, 5.41) is 0. The summed E-state index contributed by atoms with van der Waals surface area (Å²) < 4.78 is 0. The van der Waals surface area contributed by atoms with Gasteiger partial charge in [-0.05, 0) is 25.7 Å². The van der Waals surface area contributed by atoms with Crippen molar-refractivity contribution in [3.8, 4) is 0 Å². The van der Waals surface area contributed by atoms with Crippen molar-refractivity contribution in [2.24, 2.45) is 5.92 Å². The second kappa shape index (κ2) is 9.72. The molecule has 0 spiro atoms. The average Bonchev–Trinajstić information content (AvgIpc) is 2.46. The predicted molar refractivity (Wildman–Crippen MR) is 83.6 cm³/mol. The van der Waals surface area contributed by atoms with Crippen molar-refractivity contribution in [1.29, 1.82) is 0 Å². The lowest BCUT2D eigenvalue weighted by molar-refractivity contribution is -0.125. The van der Waals surface area contributed by atoms with Crippen LogP contribution in [-0.2, 0) is 14.4 Å². The molecule has 1 fully saturated rings. The molecular formula is C17H29NO3. The van der Waals surface area contributed by atoms with Gasteiger partial charge in [0.15, 0.2) is 11.6 Å². The van der Waals surface area contributed by atoms with E-state index in [4.69, 9.17) is 4.84 Å². The van der Waals surface area contributed by atoms with Crippen molar-refractivity contribution < 1.29 is 14.4 Å². The minimum absolute atomic E-state index is 0.0178. The van der Waals surface area contributed by atoms with E-state index in [1.807, 2.05) is 13.8 Å². The summed E-state index contributed by atoms with van der Waals surface area (Å²) >= 11 is 0. The zero-order chi connectivity index (χ0) is 15.7. The number of carbonyl (C=O) groups excluding carboxylic acids is 2. The number of hydroxylamine groups is 1. The molecule has 1 aliphatic carbocycles. The van der Waals surface area contributed by atoms with E-state index in [2.05, 4.69) is 12.4 Å². The number of Topliss-reactive ketones (excluding diaryl/α,β-unsaturated/α-hetero) is 2. The first kappa shape index (κ1) is 17.9. The fourth-order valence-corrected chi connectivity index (χ4v) is 2.82. The van der Waals surface area contributed by atoms with Crippen molar-refractivity contribution in [1.82, 2.24) is 5.48 Å². The van der Waals surface area contributed by atoms with Gasteiger partial charge in [-0.25, -0.2) is 0 Å². The van der Waals surface area contributed by atoms with Gasteiger partial charge in [0.1, 0.15) is 0 Å². The van der Waals surface area contributed by atoms with Crippen LogP contribution in [0.1, 0.15) is 72.1 Å². The molecule has 0 heterocycles. The summed E-state index contributed by atoms with van der Waals surface area (Å²) in [5.74, 6) is 0.197. The first-order chi connectivity index (χ1) is 10.1. The van der Waals surface area contributed by atoms with E-state index in [1.54, 1.807) is 0 Å². The fourth-order valence-electron chi connectivity index (χ4n) is 2.82. The van der Waals surface area contributed by atoms with Gasteiger partial charge in [-0.1, -0.05) is 39.5 Å². The molecule has 0 bridgehead atoms. The lowest BCUT2D eigenvalue weighted by Gasteiger charge is -2.24. The van der Waals surface area contributed by atoms with Gasteiger partial charge in [0, 0.05) is 12.8 Å². The highest BCUT2D eigenvalue weighted by atomic mass is 16.6. The third-order valence-corrected chi connectivity index (χ3v) is 3.97. The van der Waals surface area contributed by atoms with E-state index in [-0.39, 0.29) is 17.5 Å². The van der Waals surface area contributed by atoms with Gasteiger partial charge >= 0.3 is 0 Å². The molecule has 0 saturated heterocycles. The quantitative estimate of drug-likeness (QED) is 0.305. The number of hydrogen-bond acceptors (Lipinski definition) is 4. The van der Waals surface area contributed by atoms with Crippen LogP contribution in [0, 0.1) is 5.92 Å². The van der Waals surface area contributed by atoms with Crippen LogP contribution in [0.15, 0.2) is 11.3 Å². The summed E-state index contributed by atoms with van der Waals surface area (Å²) in [6, 6.07) is 0. The van der Waals surface area contributed by atoms with Gasteiger partial charge in [-0.3, -0.25) is 19.9 Å². The van der Waals surface area contributed by atoms with Crippen LogP contribution >= 0.6 is 0 Å². The highest BCUT2D eigenvalue weighted by molar-refractivity contribution is 6.22. The van der Waals surface area contributed by atoms with Gasteiger partial charge < -0.3 is 0 Å². The van der Waals surface area contributed by atoms with Crippen molar-refractivity contribution in [3.05, 3.63) is 11.3 Å². The number of unbranched alkanes of at least 4 members (excludes halogenated alkanes) is 3. The summed E-state index contributed by atoms with van der Waals surface area (Å²) in [7, 11) is 0. The summed E-state index contributed by atoms with van der Waals surface area (Å²) in [6.07, 6.45) is 7.37. The average molecular weight is 295 g/mol. The topological polar surface area (TPSA) is 55.4 Å². The molecule has 1 aliphatic rings. The molecule has 0 aliphatic heterocycles. The van der Waals surface area contributed by atoms with Crippen LogP contribution in [0.3, 0.4) is 0 Å². The molecule has 4 heteroatoms. The standard InChI is InChI=1S/C17H29NO3/c1-4-7-8-9-10-13-11-15(19)17(16(20)12-13)14(5-2)18-21-6-3/h13,18H,4-12H2,1-3H3. The normalized spacial score (nSPS) is 19.0. The smallest absolute Gasteiger partial charge is 0.168 e. The van der Waals surface area contributed by atoms with E-state index in [9.17, 15) is 9.59 Å². The number of hydrogen-bond donors (Lipinski definition) is 1. The minimum Gasteiger partial charge on any atom is -0.294 e. The molecule has 4 nitrogen and oxygen atoms in total. The van der Waals surface area contributed by atoms with Crippen molar-refractivity contribution in [2.45, 2.75) is 72.1 Å². The molecule has 0 aromatic heterocycles. The Balaban J connectivity index is 2.62. The molecule has 0 aromatic carbocycles. The largest absolute Gasteiger partial charge is 0.294 e. The zero-order valence-electron chi connectivity index (χ0n) is 13.7. The van der Waals surface area contributed by atoms with Gasteiger partial charge in [0.05, 0.1) is 17.9 Å². The number of carbonyl (C=O) groups is 2. The molecule has 1 rings (SSSR count). The van der Waals surface area contributed by atoms with Gasteiger partial charge in [0.2, 0.25) is 0 Å². The lowest BCUT2D eigenvalue weighted by Crippen LogP contribution is -2.30. The van der Waals surface area contributed by atoms with Gasteiger partial charge in [-0.2, -0.15) is 0 Å². The van der Waals surface area contributed by atoms with Crippen LogP contribution in [0.2, 0.25) is 0 Å². The number of ketones is 2. The minimum atomic E-state index is -0.0178. The highest BCUT2D eigenvalue weighted by Gasteiger charge is 2.32. The molecule has 1 N–H and O–H groups in total. The third kappa shape index (κ3) is 5.62. The highest BCUT2D eigenvalue weighted by Crippen LogP contribution is 2.29. The van der Waals surface area contributed by atoms with E-state index in [0.29, 0.717) is 37.1 Å². The Morgan fingerprint density at radius 3 is 2.29 bits per heavy atom. The monoisotopic (exact) mass is 295 g/mol. The van der Waals surface area contributed by atoms with E-state index in [0.717, 1.165) is 12.8 Å². The second-order valence-electron chi connectivity index (χ2n) is 5.71. The van der Waals surface area contributed by atoms with Crippen molar-refractivity contribution in [2.75, 3.05) is 6.61 Å². The predicted octanol–water partition coefficient (Wildman–Crippen LogP) is 3.71. The first-order valence-electron chi connectivity index (χ1n) is 8.31. The maximum absolute atomic E-state index is 12.3. The maximum Gasteiger partial charge on any atom is 0.168 e. The molecule has 0 radical (unpaired) electrons. The SMILES string of the molecule is CCCCCCC1CC(=O)C(=C(CC)NOCC)C(=O)C1. The summed E-state index contributed by atoms with van der Waals surface area (Å²) in [5.41, 5.74) is 3.74. The molecular weight excluding hydrogens is 266 g/mol. The lowest BCUT2D eigenvalue weighted by atomic mass is 9.80. The maximum atomic E-state index is 12.3. The summed E-state index contributed by atoms with van der Waals surface area (Å²) in [6.45, 7) is 6.47. The van der Waals surface area contributed by atoms with Crippen molar-refractivity contribution in [3.63, 3.8) is 0 Å². The first-order valence-corrected chi connectivity index (χ1v) is 8.31. The Morgan fingerprint density at radius 2 is 1.76 bits per heavy atom. The number of nitrogens with one attached hydrogen (secondary N) is 1. The van der Waals surface area contributed by atoms with E-state index in [1.165, 1.54) is 19.3 Å². The van der Waals surface area contributed by atoms with E-state index < -0.39 is 0 Å². The zero-order valence-corrected chi connectivity index (χ0v) is 13.7. The van der Waals surface area contributed by atoms with Crippen molar-refractivity contribution >= 4 is 11.6 Å². The Hall–Kier alpha value is -1.16. The Kier molecular flexibility index (Phi) is 8.28.